The van der Waals surface area contributed by atoms with Crippen molar-refractivity contribution in [2.24, 2.45) is 0 Å². The molecular formula is C20H17N3O2. The molecule has 0 radical (unpaired) electrons. The van der Waals surface area contributed by atoms with Crippen LogP contribution in [-0.4, -0.2) is 10.5 Å². The number of hydrogen-bond donors (Lipinski definition) is 1. The van der Waals surface area contributed by atoms with Crippen LogP contribution in [0.15, 0.2) is 53.3 Å². The van der Waals surface area contributed by atoms with Crippen LogP contribution in [0.3, 0.4) is 0 Å². The fourth-order valence-electron chi connectivity index (χ4n) is 2.95. The molecule has 0 fully saturated rings. The van der Waals surface area contributed by atoms with E-state index in [1.54, 1.807) is 48.5 Å². The van der Waals surface area contributed by atoms with Crippen LogP contribution in [0, 0.1) is 18.3 Å². The number of pyridine rings is 1. The number of nitrogens with zero attached hydrogens (tertiary/aromatic N) is 2. The van der Waals surface area contributed by atoms with Crippen LogP contribution in [0.2, 0.25) is 0 Å². The van der Waals surface area contributed by atoms with Gasteiger partial charge in [-0.1, -0.05) is 12.1 Å². The summed E-state index contributed by atoms with van der Waals surface area (Å²) in [7, 11) is 0. The van der Waals surface area contributed by atoms with Crippen molar-refractivity contribution in [3.8, 4) is 6.07 Å². The third-order valence-corrected chi connectivity index (χ3v) is 4.19. The minimum atomic E-state index is -0.354. The Morgan fingerprint density at radius 2 is 1.96 bits per heavy atom. The zero-order chi connectivity index (χ0) is 18.0. The first kappa shape index (κ1) is 16.5. The van der Waals surface area contributed by atoms with Gasteiger partial charge in [0.05, 0.1) is 16.8 Å². The van der Waals surface area contributed by atoms with Gasteiger partial charge in [-0.2, -0.15) is 5.26 Å². The summed E-state index contributed by atoms with van der Waals surface area (Å²) >= 11 is 0. The van der Waals surface area contributed by atoms with Gasteiger partial charge >= 0.3 is 0 Å². The van der Waals surface area contributed by atoms with Crippen LogP contribution < -0.4 is 10.7 Å². The maximum atomic E-state index is 12.5. The van der Waals surface area contributed by atoms with Crippen LogP contribution in [0.5, 0.6) is 0 Å². The van der Waals surface area contributed by atoms with Crippen LogP contribution >= 0.6 is 0 Å². The molecule has 0 atom stereocenters. The van der Waals surface area contributed by atoms with Gasteiger partial charge in [0.1, 0.15) is 6.07 Å². The average Bonchev–Trinajstić information content (AvgIpc) is 2.62. The number of anilines is 1. The summed E-state index contributed by atoms with van der Waals surface area (Å²) in [6.07, 6.45) is 0. The molecule has 0 spiro atoms. The molecule has 0 aliphatic heterocycles. The Labute approximate surface area is 145 Å². The Kier molecular flexibility index (Phi) is 4.36. The lowest BCUT2D eigenvalue weighted by Crippen LogP contribution is -2.15. The predicted molar refractivity (Wildman–Crippen MR) is 97.7 cm³/mol. The number of carbonyl (C=O) groups excluding carboxylic acids is 1. The molecule has 0 aliphatic rings. The van der Waals surface area contributed by atoms with Gasteiger partial charge in [-0.3, -0.25) is 9.59 Å². The standard InChI is InChI=1S/C20H17N3O2/c1-3-23-13(2)10-19(24)16-11-14(8-9-18(16)23)20(25)22-17-7-5-4-6-15(17)12-21/h4-11H,3H2,1-2H3,(H,22,25). The fraction of sp³-hybridized carbons (Fsp3) is 0.150. The van der Waals surface area contributed by atoms with Gasteiger partial charge in [0.25, 0.3) is 5.91 Å². The molecule has 3 aromatic rings. The number of nitriles is 1. The molecule has 124 valence electrons. The lowest BCUT2D eigenvalue weighted by atomic mass is 10.1. The highest BCUT2D eigenvalue weighted by Gasteiger charge is 2.12. The van der Waals surface area contributed by atoms with Crippen molar-refractivity contribution >= 4 is 22.5 Å². The second kappa shape index (κ2) is 6.62. The van der Waals surface area contributed by atoms with Gasteiger partial charge in [-0.15, -0.1) is 0 Å². The van der Waals surface area contributed by atoms with Gasteiger partial charge in [0, 0.05) is 29.3 Å². The van der Waals surface area contributed by atoms with E-state index in [1.807, 2.05) is 24.5 Å². The van der Waals surface area contributed by atoms with Crippen molar-refractivity contribution < 1.29 is 4.79 Å². The molecule has 5 heteroatoms. The molecular weight excluding hydrogens is 314 g/mol. The van der Waals surface area contributed by atoms with E-state index in [0.29, 0.717) is 22.2 Å². The number of para-hydroxylation sites is 1. The van der Waals surface area contributed by atoms with E-state index >= 15 is 0 Å². The minimum Gasteiger partial charge on any atom is -0.345 e. The number of rotatable bonds is 3. The van der Waals surface area contributed by atoms with E-state index in [9.17, 15) is 9.59 Å². The summed E-state index contributed by atoms with van der Waals surface area (Å²) in [5.41, 5.74) is 2.81. The summed E-state index contributed by atoms with van der Waals surface area (Å²) in [4.78, 5) is 24.8. The van der Waals surface area contributed by atoms with Crippen molar-refractivity contribution in [2.45, 2.75) is 20.4 Å². The van der Waals surface area contributed by atoms with E-state index in [1.165, 1.54) is 0 Å². The number of carbonyl (C=O) groups is 1. The molecule has 2 aromatic carbocycles. The third kappa shape index (κ3) is 3.02. The number of aryl methyl sites for hydroxylation is 2. The van der Waals surface area contributed by atoms with Crippen molar-refractivity contribution in [3.05, 3.63) is 75.6 Å². The maximum Gasteiger partial charge on any atom is 0.255 e. The molecule has 1 heterocycles. The maximum absolute atomic E-state index is 12.5. The third-order valence-electron chi connectivity index (χ3n) is 4.19. The Balaban J connectivity index is 2.04. The van der Waals surface area contributed by atoms with Crippen molar-refractivity contribution in [1.29, 1.82) is 5.26 Å². The van der Waals surface area contributed by atoms with Crippen molar-refractivity contribution in [1.82, 2.24) is 4.57 Å². The normalized spacial score (nSPS) is 10.4. The van der Waals surface area contributed by atoms with Crippen LogP contribution in [-0.2, 0) is 6.54 Å². The first-order valence-electron chi connectivity index (χ1n) is 8.00. The van der Waals surface area contributed by atoms with Crippen molar-refractivity contribution in [2.75, 3.05) is 5.32 Å². The van der Waals surface area contributed by atoms with E-state index in [4.69, 9.17) is 5.26 Å². The molecule has 25 heavy (non-hydrogen) atoms. The average molecular weight is 331 g/mol. The molecule has 3 rings (SSSR count). The lowest BCUT2D eigenvalue weighted by Gasteiger charge is -2.13. The molecule has 1 N–H and O–H groups in total. The van der Waals surface area contributed by atoms with E-state index in [2.05, 4.69) is 5.32 Å². The molecule has 5 nitrogen and oxygen atoms in total. The number of amides is 1. The van der Waals surface area contributed by atoms with Gasteiger partial charge in [-0.05, 0) is 44.2 Å². The number of benzene rings is 2. The highest BCUT2D eigenvalue weighted by atomic mass is 16.1. The molecule has 0 saturated carbocycles. The minimum absolute atomic E-state index is 0.107. The summed E-state index contributed by atoms with van der Waals surface area (Å²) in [5.74, 6) is -0.354. The van der Waals surface area contributed by atoms with Crippen LogP contribution in [0.1, 0.15) is 28.5 Å². The number of aromatic nitrogens is 1. The zero-order valence-corrected chi connectivity index (χ0v) is 14.0. The Hall–Kier alpha value is -3.39. The van der Waals surface area contributed by atoms with Crippen LogP contribution in [0.4, 0.5) is 5.69 Å². The number of nitrogens with one attached hydrogen (secondary N) is 1. The number of hydrogen-bond acceptors (Lipinski definition) is 3. The van der Waals surface area contributed by atoms with E-state index < -0.39 is 0 Å². The van der Waals surface area contributed by atoms with Gasteiger partial charge in [0.2, 0.25) is 0 Å². The molecule has 0 aliphatic carbocycles. The fourth-order valence-corrected chi connectivity index (χ4v) is 2.95. The van der Waals surface area contributed by atoms with E-state index in [0.717, 1.165) is 17.8 Å². The smallest absolute Gasteiger partial charge is 0.255 e. The largest absolute Gasteiger partial charge is 0.345 e. The Bertz CT molecular complexity index is 1070. The van der Waals surface area contributed by atoms with Crippen molar-refractivity contribution in [3.63, 3.8) is 0 Å². The second-order valence-corrected chi connectivity index (χ2v) is 5.74. The summed E-state index contributed by atoms with van der Waals surface area (Å²) in [6, 6.07) is 15.5. The summed E-state index contributed by atoms with van der Waals surface area (Å²) in [5, 5.41) is 12.4. The molecule has 0 saturated heterocycles. The topological polar surface area (TPSA) is 74.9 Å². The quantitative estimate of drug-likeness (QED) is 0.798. The SMILES string of the molecule is CCn1c(C)cc(=O)c2cc(C(=O)Nc3ccccc3C#N)ccc21. The summed E-state index contributed by atoms with van der Waals surface area (Å²) in [6.45, 7) is 4.64. The van der Waals surface area contributed by atoms with Crippen LogP contribution in [0.25, 0.3) is 10.9 Å². The Morgan fingerprint density at radius 1 is 1.20 bits per heavy atom. The van der Waals surface area contributed by atoms with Gasteiger partial charge in [-0.25, -0.2) is 0 Å². The van der Waals surface area contributed by atoms with E-state index in [-0.39, 0.29) is 11.3 Å². The van der Waals surface area contributed by atoms with Gasteiger partial charge < -0.3 is 9.88 Å². The molecule has 0 bridgehead atoms. The Morgan fingerprint density at radius 3 is 2.68 bits per heavy atom. The highest BCUT2D eigenvalue weighted by molar-refractivity contribution is 6.06. The monoisotopic (exact) mass is 331 g/mol. The predicted octanol–water partition coefficient (Wildman–Crippen LogP) is 3.45. The van der Waals surface area contributed by atoms with Gasteiger partial charge in [0.15, 0.2) is 5.43 Å². The highest BCUT2D eigenvalue weighted by Crippen LogP contribution is 2.18. The first-order chi connectivity index (χ1) is 12.0. The lowest BCUT2D eigenvalue weighted by molar-refractivity contribution is 0.102. The molecule has 1 amide bonds. The second-order valence-electron chi connectivity index (χ2n) is 5.74. The zero-order valence-electron chi connectivity index (χ0n) is 14.0. The molecule has 1 aromatic heterocycles. The number of fused-ring (bicyclic) bond motifs is 1. The molecule has 0 unspecified atom stereocenters. The summed E-state index contributed by atoms with van der Waals surface area (Å²) < 4.78 is 2.03. The first-order valence-corrected chi connectivity index (χ1v) is 8.00.